The fourth-order valence-corrected chi connectivity index (χ4v) is 3.42. The van der Waals surface area contributed by atoms with Gasteiger partial charge in [-0.2, -0.15) is 0 Å². The van der Waals surface area contributed by atoms with Gasteiger partial charge in [0.1, 0.15) is 5.52 Å². The molecule has 4 rings (SSSR count). The third kappa shape index (κ3) is 3.06. The molecule has 1 saturated heterocycles. The molecule has 0 unspecified atom stereocenters. The lowest BCUT2D eigenvalue weighted by Crippen LogP contribution is -2.39. The van der Waals surface area contributed by atoms with E-state index in [1.54, 1.807) is 29.2 Å². The summed E-state index contributed by atoms with van der Waals surface area (Å²) in [5, 5.41) is 0. The summed E-state index contributed by atoms with van der Waals surface area (Å²) in [6, 6.07) is 14.2. The summed E-state index contributed by atoms with van der Waals surface area (Å²) in [5.41, 5.74) is 7.72. The molecule has 0 saturated carbocycles. The van der Waals surface area contributed by atoms with Crippen molar-refractivity contribution in [2.75, 3.05) is 13.1 Å². The third-order valence-corrected chi connectivity index (χ3v) is 4.76. The van der Waals surface area contributed by atoms with Crippen LogP contribution in [-0.4, -0.2) is 34.8 Å². The number of hydrogen-bond donors (Lipinski definition) is 1. The van der Waals surface area contributed by atoms with Crippen LogP contribution in [0, 0.1) is 0 Å². The Balaban J connectivity index is 1.55. The van der Waals surface area contributed by atoms with Crippen LogP contribution in [0.4, 0.5) is 0 Å². The van der Waals surface area contributed by atoms with E-state index >= 15 is 0 Å². The number of aromatic nitrogens is 1. The van der Waals surface area contributed by atoms with Gasteiger partial charge in [-0.3, -0.25) is 9.59 Å². The number of oxazole rings is 1. The van der Waals surface area contributed by atoms with E-state index in [9.17, 15) is 9.59 Å². The summed E-state index contributed by atoms with van der Waals surface area (Å²) in [4.78, 5) is 30.6. The van der Waals surface area contributed by atoms with Crippen molar-refractivity contribution >= 4 is 22.9 Å². The number of fused-ring (bicyclic) bond motifs is 1. The molecular formula is C20H19N3O3. The first kappa shape index (κ1) is 16.3. The quantitative estimate of drug-likeness (QED) is 0.787. The molecule has 1 aliphatic rings. The van der Waals surface area contributed by atoms with Crippen LogP contribution in [0.15, 0.2) is 52.9 Å². The van der Waals surface area contributed by atoms with E-state index in [1.807, 2.05) is 24.3 Å². The van der Waals surface area contributed by atoms with E-state index < -0.39 is 5.91 Å². The Morgan fingerprint density at radius 1 is 1.12 bits per heavy atom. The molecule has 1 fully saturated rings. The number of amides is 2. The molecule has 1 aliphatic heterocycles. The highest BCUT2D eigenvalue weighted by Gasteiger charge is 2.28. The minimum atomic E-state index is -0.539. The second-order valence-corrected chi connectivity index (χ2v) is 6.56. The maximum Gasteiger partial charge on any atom is 0.253 e. The molecule has 2 N–H and O–H groups in total. The first-order valence-corrected chi connectivity index (χ1v) is 8.66. The monoisotopic (exact) mass is 349 g/mol. The number of piperidine rings is 1. The Kier molecular flexibility index (Phi) is 4.16. The van der Waals surface area contributed by atoms with Crippen LogP contribution < -0.4 is 5.73 Å². The number of carbonyl (C=O) groups is 2. The standard InChI is InChI=1S/C20H19N3O3/c21-18(24)13-5-3-6-14(11-13)20(25)23-10-4-7-15(12-23)19-22-16-8-1-2-9-17(16)26-19/h1-3,5-6,8-9,11,15H,4,7,10,12H2,(H2,21,24)/t15-/m0/s1. The molecule has 2 heterocycles. The van der Waals surface area contributed by atoms with Gasteiger partial charge in [-0.1, -0.05) is 18.2 Å². The normalized spacial score (nSPS) is 17.4. The van der Waals surface area contributed by atoms with E-state index in [4.69, 9.17) is 10.2 Å². The molecule has 2 amide bonds. The van der Waals surface area contributed by atoms with Crippen LogP contribution in [0.25, 0.3) is 11.1 Å². The molecular weight excluding hydrogens is 330 g/mol. The van der Waals surface area contributed by atoms with Gasteiger partial charge in [0.05, 0.1) is 5.92 Å². The van der Waals surface area contributed by atoms with Gasteiger partial charge in [0.25, 0.3) is 5.91 Å². The Labute approximate surface area is 150 Å². The average molecular weight is 349 g/mol. The van der Waals surface area contributed by atoms with E-state index in [2.05, 4.69) is 4.98 Å². The molecule has 1 atom stereocenters. The van der Waals surface area contributed by atoms with E-state index in [1.165, 1.54) is 0 Å². The molecule has 1 aromatic heterocycles. The second-order valence-electron chi connectivity index (χ2n) is 6.56. The molecule has 2 aromatic carbocycles. The summed E-state index contributed by atoms with van der Waals surface area (Å²) < 4.78 is 5.88. The van der Waals surface area contributed by atoms with Crippen molar-refractivity contribution in [1.82, 2.24) is 9.88 Å². The Hall–Kier alpha value is -3.15. The molecule has 3 aromatic rings. The van der Waals surface area contributed by atoms with Crippen LogP contribution in [0.1, 0.15) is 45.4 Å². The highest BCUT2D eigenvalue weighted by Crippen LogP contribution is 2.29. The molecule has 132 valence electrons. The molecule has 6 heteroatoms. The number of primary amides is 1. The summed E-state index contributed by atoms with van der Waals surface area (Å²) >= 11 is 0. The first-order chi connectivity index (χ1) is 12.6. The molecule has 0 radical (unpaired) electrons. The lowest BCUT2D eigenvalue weighted by molar-refractivity contribution is 0.0699. The number of carbonyl (C=O) groups excluding carboxylic acids is 2. The summed E-state index contributed by atoms with van der Waals surface area (Å²) in [7, 11) is 0. The highest BCUT2D eigenvalue weighted by atomic mass is 16.3. The van der Waals surface area contributed by atoms with Crippen molar-refractivity contribution in [3.63, 3.8) is 0 Å². The number of para-hydroxylation sites is 2. The topological polar surface area (TPSA) is 89.4 Å². The predicted octanol–water partition coefficient (Wildman–Crippen LogP) is 2.95. The number of benzene rings is 2. The van der Waals surface area contributed by atoms with E-state index in [0.29, 0.717) is 30.1 Å². The third-order valence-electron chi connectivity index (χ3n) is 4.76. The summed E-state index contributed by atoms with van der Waals surface area (Å²) in [5.74, 6) is 0.102. The molecule has 0 spiro atoms. The fourth-order valence-electron chi connectivity index (χ4n) is 3.42. The van der Waals surface area contributed by atoms with Crippen LogP contribution in [0.3, 0.4) is 0 Å². The van der Waals surface area contributed by atoms with Gasteiger partial charge < -0.3 is 15.1 Å². The minimum absolute atomic E-state index is 0.0689. The van der Waals surface area contributed by atoms with Gasteiger partial charge in [-0.05, 0) is 43.2 Å². The van der Waals surface area contributed by atoms with Gasteiger partial charge in [-0.25, -0.2) is 4.98 Å². The van der Waals surface area contributed by atoms with Crippen molar-refractivity contribution in [1.29, 1.82) is 0 Å². The largest absolute Gasteiger partial charge is 0.440 e. The number of nitrogens with two attached hydrogens (primary N) is 1. The Bertz CT molecular complexity index is 946. The maximum atomic E-state index is 12.8. The first-order valence-electron chi connectivity index (χ1n) is 8.66. The van der Waals surface area contributed by atoms with Crippen molar-refractivity contribution in [3.05, 3.63) is 65.5 Å². The number of likely N-dealkylation sites (tertiary alicyclic amines) is 1. The highest BCUT2D eigenvalue weighted by molar-refractivity contribution is 5.99. The van der Waals surface area contributed by atoms with E-state index in [0.717, 1.165) is 23.9 Å². The smallest absolute Gasteiger partial charge is 0.253 e. The zero-order chi connectivity index (χ0) is 18.1. The number of hydrogen-bond acceptors (Lipinski definition) is 4. The molecule has 6 nitrogen and oxygen atoms in total. The lowest BCUT2D eigenvalue weighted by atomic mass is 9.97. The number of rotatable bonds is 3. The summed E-state index contributed by atoms with van der Waals surface area (Å²) in [6.45, 7) is 1.23. The maximum absolute atomic E-state index is 12.8. The average Bonchev–Trinajstić information content (AvgIpc) is 3.12. The van der Waals surface area contributed by atoms with Crippen molar-refractivity contribution in [2.24, 2.45) is 5.73 Å². The summed E-state index contributed by atoms with van der Waals surface area (Å²) in [6.07, 6.45) is 1.81. The zero-order valence-corrected chi connectivity index (χ0v) is 14.2. The molecule has 26 heavy (non-hydrogen) atoms. The van der Waals surface area contributed by atoms with Gasteiger partial charge in [0.2, 0.25) is 5.91 Å². The molecule has 0 aliphatic carbocycles. The van der Waals surface area contributed by atoms with Crippen LogP contribution in [-0.2, 0) is 0 Å². The van der Waals surface area contributed by atoms with Crippen LogP contribution in [0.2, 0.25) is 0 Å². The fraction of sp³-hybridized carbons (Fsp3) is 0.250. The van der Waals surface area contributed by atoms with Crippen LogP contribution >= 0.6 is 0 Å². The molecule has 0 bridgehead atoms. The Morgan fingerprint density at radius 3 is 2.73 bits per heavy atom. The second kappa shape index (κ2) is 6.63. The number of nitrogens with zero attached hydrogens (tertiary/aromatic N) is 2. The van der Waals surface area contributed by atoms with Crippen LogP contribution in [0.5, 0.6) is 0 Å². The van der Waals surface area contributed by atoms with Crippen molar-refractivity contribution in [2.45, 2.75) is 18.8 Å². The lowest BCUT2D eigenvalue weighted by Gasteiger charge is -2.31. The van der Waals surface area contributed by atoms with Gasteiger partial charge in [-0.15, -0.1) is 0 Å². The van der Waals surface area contributed by atoms with Crippen molar-refractivity contribution < 1.29 is 14.0 Å². The minimum Gasteiger partial charge on any atom is -0.440 e. The van der Waals surface area contributed by atoms with Gasteiger partial charge in [0.15, 0.2) is 11.5 Å². The van der Waals surface area contributed by atoms with Crippen molar-refractivity contribution in [3.8, 4) is 0 Å². The van der Waals surface area contributed by atoms with Gasteiger partial charge in [0, 0.05) is 24.2 Å². The zero-order valence-electron chi connectivity index (χ0n) is 14.2. The Morgan fingerprint density at radius 2 is 1.92 bits per heavy atom. The van der Waals surface area contributed by atoms with Gasteiger partial charge >= 0.3 is 0 Å². The van der Waals surface area contributed by atoms with E-state index in [-0.39, 0.29) is 11.8 Å². The predicted molar refractivity (Wildman–Crippen MR) is 96.8 cm³/mol. The SMILES string of the molecule is NC(=O)c1cccc(C(=O)N2CCC[C@H](c3nc4ccccc4o3)C2)c1.